The number of nitrogens with one attached hydrogen (secondary N) is 1. The molecule has 1 amide bonds. The van der Waals surface area contributed by atoms with Crippen molar-refractivity contribution in [3.05, 3.63) is 62.1 Å². The van der Waals surface area contributed by atoms with Crippen LogP contribution in [0.3, 0.4) is 0 Å². The average molecular weight is 436 g/mol. The van der Waals surface area contributed by atoms with Crippen molar-refractivity contribution < 1.29 is 19.6 Å². The molecule has 8 nitrogen and oxygen atoms in total. The molecule has 0 unspecified atom stereocenters. The van der Waals surface area contributed by atoms with Gasteiger partial charge >= 0.3 is 5.69 Å². The standard InChI is InChI=1S/C18H18BrN3O5/c1-12-4-7-17(14(19)9-12)27-8-2-3-18(24)21-20-11-13-5-6-16(23)15(10-13)22(25)26/h4-7,9-11,23H,2-3,8H2,1H3,(H,21,24)/b20-11+. The van der Waals surface area contributed by atoms with Crippen LogP contribution in [0.15, 0.2) is 46.0 Å². The smallest absolute Gasteiger partial charge is 0.311 e. The summed E-state index contributed by atoms with van der Waals surface area (Å²) in [6, 6.07) is 9.56. The lowest BCUT2D eigenvalue weighted by molar-refractivity contribution is -0.385. The minimum Gasteiger partial charge on any atom is -0.502 e. The third-order valence-corrected chi connectivity index (χ3v) is 4.11. The van der Waals surface area contributed by atoms with Crippen LogP contribution < -0.4 is 10.2 Å². The quantitative estimate of drug-likeness (QED) is 0.284. The van der Waals surface area contributed by atoms with E-state index in [1.54, 1.807) is 0 Å². The van der Waals surface area contributed by atoms with Gasteiger partial charge in [-0.1, -0.05) is 6.07 Å². The Morgan fingerprint density at radius 1 is 1.37 bits per heavy atom. The summed E-state index contributed by atoms with van der Waals surface area (Å²) in [4.78, 5) is 21.8. The highest BCUT2D eigenvalue weighted by Crippen LogP contribution is 2.26. The van der Waals surface area contributed by atoms with E-state index >= 15 is 0 Å². The molecule has 0 heterocycles. The lowest BCUT2D eigenvalue weighted by Crippen LogP contribution is -2.18. The SMILES string of the molecule is Cc1ccc(OCCCC(=O)N/N=C/c2ccc(O)c([N+](=O)[O-])c2)c(Br)c1. The number of nitrogens with zero attached hydrogens (tertiary/aromatic N) is 2. The second-order valence-corrected chi connectivity index (χ2v) is 6.54. The number of aromatic hydroxyl groups is 1. The van der Waals surface area contributed by atoms with Gasteiger partial charge in [0.2, 0.25) is 5.91 Å². The number of phenolic OH excluding ortho intramolecular Hbond substituents is 1. The van der Waals surface area contributed by atoms with Crippen LogP contribution in [0.25, 0.3) is 0 Å². The molecule has 0 aliphatic carbocycles. The number of nitro benzene ring substituents is 1. The molecular weight excluding hydrogens is 418 g/mol. The molecule has 0 aliphatic rings. The lowest BCUT2D eigenvalue weighted by atomic mass is 10.2. The van der Waals surface area contributed by atoms with Crippen LogP contribution >= 0.6 is 15.9 Å². The number of hydrogen-bond acceptors (Lipinski definition) is 6. The number of benzene rings is 2. The number of nitro groups is 1. The van der Waals surface area contributed by atoms with Gasteiger partial charge in [0.15, 0.2) is 5.75 Å². The number of phenols is 1. The molecule has 2 aromatic carbocycles. The summed E-state index contributed by atoms with van der Waals surface area (Å²) in [6.45, 7) is 2.36. The number of halogens is 1. The number of carbonyl (C=O) groups excluding carboxylic acids is 1. The van der Waals surface area contributed by atoms with Crippen LogP contribution in [-0.2, 0) is 4.79 Å². The summed E-state index contributed by atoms with van der Waals surface area (Å²) in [5, 5.41) is 23.9. The maximum atomic E-state index is 11.7. The number of carbonyl (C=O) groups is 1. The van der Waals surface area contributed by atoms with Crippen LogP contribution in [0, 0.1) is 17.0 Å². The third-order valence-electron chi connectivity index (χ3n) is 3.49. The second kappa shape index (κ2) is 9.67. The number of hydrazone groups is 1. The largest absolute Gasteiger partial charge is 0.502 e. The Morgan fingerprint density at radius 2 is 2.15 bits per heavy atom. The fraction of sp³-hybridized carbons (Fsp3) is 0.222. The van der Waals surface area contributed by atoms with Crippen molar-refractivity contribution in [3.63, 3.8) is 0 Å². The van der Waals surface area contributed by atoms with Crippen LogP contribution in [-0.4, -0.2) is 28.8 Å². The molecule has 2 rings (SSSR count). The Labute approximate surface area is 164 Å². The van der Waals surface area contributed by atoms with E-state index < -0.39 is 16.4 Å². The highest BCUT2D eigenvalue weighted by molar-refractivity contribution is 9.10. The molecule has 0 atom stereocenters. The summed E-state index contributed by atoms with van der Waals surface area (Å²) in [6.07, 6.45) is 1.99. The van der Waals surface area contributed by atoms with Crippen molar-refractivity contribution in [1.82, 2.24) is 5.43 Å². The first-order valence-corrected chi connectivity index (χ1v) is 8.84. The van der Waals surface area contributed by atoms with Gasteiger partial charge in [0, 0.05) is 18.1 Å². The first kappa shape index (κ1) is 20.4. The van der Waals surface area contributed by atoms with E-state index in [1.165, 1.54) is 18.3 Å². The van der Waals surface area contributed by atoms with Gasteiger partial charge in [0.25, 0.3) is 0 Å². The zero-order valence-electron chi connectivity index (χ0n) is 14.5. The van der Waals surface area contributed by atoms with Crippen molar-refractivity contribution in [2.24, 2.45) is 5.10 Å². The Kier molecular flexibility index (Phi) is 7.30. The molecule has 9 heteroatoms. The lowest BCUT2D eigenvalue weighted by Gasteiger charge is -2.08. The molecule has 0 bridgehead atoms. The Hall–Kier alpha value is -2.94. The van der Waals surface area contributed by atoms with Gasteiger partial charge in [0.05, 0.1) is 22.2 Å². The number of hydrogen-bond donors (Lipinski definition) is 2. The van der Waals surface area contributed by atoms with E-state index in [0.717, 1.165) is 16.1 Å². The summed E-state index contributed by atoms with van der Waals surface area (Å²) >= 11 is 3.42. The highest BCUT2D eigenvalue weighted by Gasteiger charge is 2.12. The summed E-state index contributed by atoms with van der Waals surface area (Å²) in [7, 11) is 0. The third kappa shape index (κ3) is 6.37. The Balaban J connectivity index is 1.75. The number of ether oxygens (including phenoxy) is 1. The van der Waals surface area contributed by atoms with Crippen molar-refractivity contribution in [1.29, 1.82) is 0 Å². The van der Waals surface area contributed by atoms with Gasteiger partial charge in [0.1, 0.15) is 5.75 Å². The van der Waals surface area contributed by atoms with Gasteiger partial charge in [-0.3, -0.25) is 14.9 Å². The van der Waals surface area contributed by atoms with Gasteiger partial charge in [-0.25, -0.2) is 5.43 Å². The van der Waals surface area contributed by atoms with Gasteiger partial charge in [-0.05, 0) is 59.1 Å². The predicted octanol–water partition coefficient (Wildman–Crippen LogP) is 3.68. The topological polar surface area (TPSA) is 114 Å². The van der Waals surface area contributed by atoms with Crippen molar-refractivity contribution in [2.75, 3.05) is 6.61 Å². The Bertz CT molecular complexity index is 870. The number of aryl methyl sites for hydroxylation is 1. The van der Waals surface area contributed by atoms with E-state index in [2.05, 4.69) is 26.5 Å². The molecule has 0 spiro atoms. The van der Waals surface area contributed by atoms with E-state index in [1.807, 2.05) is 25.1 Å². The fourth-order valence-electron chi connectivity index (χ4n) is 2.14. The molecule has 27 heavy (non-hydrogen) atoms. The maximum Gasteiger partial charge on any atom is 0.311 e. The zero-order chi connectivity index (χ0) is 19.8. The highest BCUT2D eigenvalue weighted by atomic mass is 79.9. The molecule has 0 aliphatic heterocycles. The molecule has 0 radical (unpaired) electrons. The van der Waals surface area contributed by atoms with Crippen LogP contribution in [0.1, 0.15) is 24.0 Å². The summed E-state index contributed by atoms with van der Waals surface area (Å²) in [5.74, 6) is -0.0135. The maximum absolute atomic E-state index is 11.7. The van der Waals surface area contributed by atoms with Gasteiger partial charge < -0.3 is 9.84 Å². The molecule has 0 saturated heterocycles. The second-order valence-electron chi connectivity index (χ2n) is 5.68. The molecule has 0 fully saturated rings. The van der Waals surface area contributed by atoms with Crippen molar-refractivity contribution >= 4 is 33.7 Å². The van der Waals surface area contributed by atoms with Crippen molar-refractivity contribution in [2.45, 2.75) is 19.8 Å². The zero-order valence-corrected chi connectivity index (χ0v) is 16.1. The molecule has 2 aromatic rings. The van der Waals surface area contributed by atoms with E-state index in [9.17, 15) is 20.0 Å². The summed E-state index contributed by atoms with van der Waals surface area (Å²) in [5.41, 5.74) is 3.42. The van der Waals surface area contributed by atoms with Crippen LogP contribution in [0.2, 0.25) is 0 Å². The minimum atomic E-state index is -0.697. The van der Waals surface area contributed by atoms with Gasteiger partial charge in [-0.15, -0.1) is 0 Å². The fourth-order valence-corrected chi connectivity index (χ4v) is 2.75. The number of amides is 1. The minimum absolute atomic E-state index is 0.219. The normalized spacial score (nSPS) is 10.7. The molecule has 0 aromatic heterocycles. The average Bonchev–Trinajstić information content (AvgIpc) is 2.61. The van der Waals surface area contributed by atoms with Gasteiger partial charge in [-0.2, -0.15) is 5.10 Å². The summed E-state index contributed by atoms with van der Waals surface area (Å²) < 4.78 is 6.47. The molecule has 2 N–H and O–H groups in total. The predicted molar refractivity (Wildman–Crippen MR) is 104 cm³/mol. The van der Waals surface area contributed by atoms with Crippen LogP contribution in [0.4, 0.5) is 5.69 Å². The first-order chi connectivity index (χ1) is 12.9. The first-order valence-electron chi connectivity index (χ1n) is 8.05. The number of rotatable bonds is 8. The molecular formula is C18H18BrN3O5. The van der Waals surface area contributed by atoms with E-state index in [-0.39, 0.29) is 12.3 Å². The molecule has 0 saturated carbocycles. The van der Waals surface area contributed by atoms with E-state index in [0.29, 0.717) is 24.3 Å². The van der Waals surface area contributed by atoms with Crippen molar-refractivity contribution in [3.8, 4) is 11.5 Å². The Morgan fingerprint density at radius 3 is 2.85 bits per heavy atom. The molecule has 142 valence electrons. The van der Waals surface area contributed by atoms with E-state index in [4.69, 9.17) is 4.74 Å². The van der Waals surface area contributed by atoms with Crippen LogP contribution in [0.5, 0.6) is 11.5 Å². The monoisotopic (exact) mass is 435 g/mol.